The first-order valence-electron chi connectivity index (χ1n) is 6.24. The van der Waals surface area contributed by atoms with Crippen LogP contribution in [0.5, 0.6) is 0 Å². The molecule has 0 unspecified atom stereocenters. The molecule has 94 valence electrons. The Labute approximate surface area is 108 Å². The lowest BCUT2D eigenvalue weighted by atomic mass is 9.95. The maximum Gasteiger partial charge on any atom is 0.0933 e. The standard InChI is InChI=1S/C15H19N3/c1-10(2)12-5-4-11(3)13(8-12)15-14(9-16)17-6-7-18-15/h4-8,10H,9,16H2,1-3H3. The van der Waals surface area contributed by atoms with Gasteiger partial charge in [0.2, 0.25) is 0 Å². The van der Waals surface area contributed by atoms with Gasteiger partial charge in [0, 0.05) is 24.5 Å². The maximum atomic E-state index is 5.73. The Balaban J connectivity index is 2.59. The van der Waals surface area contributed by atoms with Gasteiger partial charge in [-0.2, -0.15) is 0 Å². The molecule has 0 spiro atoms. The number of aryl methyl sites for hydroxylation is 1. The first-order chi connectivity index (χ1) is 8.63. The molecular weight excluding hydrogens is 222 g/mol. The van der Waals surface area contributed by atoms with Gasteiger partial charge in [0.25, 0.3) is 0 Å². The third-order valence-electron chi connectivity index (χ3n) is 3.15. The van der Waals surface area contributed by atoms with E-state index in [9.17, 15) is 0 Å². The van der Waals surface area contributed by atoms with Crippen LogP contribution in [0.3, 0.4) is 0 Å². The van der Waals surface area contributed by atoms with E-state index >= 15 is 0 Å². The van der Waals surface area contributed by atoms with E-state index in [0.29, 0.717) is 12.5 Å². The highest BCUT2D eigenvalue weighted by molar-refractivity contribution is 5.66. The van der Waals surface area contributed by atoms with E-state index < -0.39 is 0 Å². The van der Waals surface area contributed by atoms with Crippen LogP contribution in [0.25, 0.3) is 11.3 Å². The van der Waals surface area contributed by atoms with Crippen molar-refractivity contribution in [3.63, 3.8) is 0 Å². The van der Waals surface area contributed by atoms with Gasteiger partial charge >= 0.3 is 0 Å². The highest BCUT2D eigenvalue weighted by atomic mass is 14.8. The molecule has 2 N–H and O–H groups in total. The van der Waals surface area contributed by atoms with Gasteiger partial charge in [-0.1, -0.05) is 26.0 Å². The Bertz CT molecular complexity index is 547. The van der Waals surface area contributed by atoms with Gasteiger partial charge in [0.15, 0.2) is 0 Å². The van der Waals surface area contributed by atoms with Crippen molar-refractivity contribution in [2.75, 3.05) is 0 Å². The average Bonchev–Trinajstić information content (AvgIpc) is 2.39. The Morgan fingerprint density at radius 1 is 1.17 bits per heavy atom. The smallest absolute Gasteiger partial charge is 0.0933 e. The average molecular weight is 241 g/mol. The molecule has 2 aromatic rings. The lowest BCUT2D eigenvalue weighted by Crippen LogP contribution is -2.04. The van der Waals surface area contributed by atoms with E-state index in [1.54, 1.807) is 12.4 Å². The summed E-state index contributed by atoms with van der Waals surface area (Å²) >= 11 is 0. The van der Waals surface area contributed by atoms with Gasteiger partial charge < -0.3 is 5.73 Å². The Kier molecular flexibility index (Phi) is 3.72. The molecule has 1 aromatic heterocycles. The Hall–Kier alpha value is -1.74. The molecule has 3 nitrogen and oxygen atoms in total. The molecular formula is C15H19N3. The summed E-state index contributed by atoms with van der Waals surface area (Å²) in [6, 6.07) is 6.50. The molecule has 0 bridgehead atoms. The molecule has 2 rings (SSSR count). The van der Waals surface area contributed by atoms with E-state index in [2.05, 4.69) is 48.9 Å². The summed E-state index contributed by atoms with van der Waals surface area (Å²) in [5.74, 6) is 0.502. The van der Waals surface area contributed by atoms with E-state index in [1.807, 2.05) is 0 Å². The summed E-state index contributed by atoms with van der Waals surface area (Å²) < 4.78 is 0. The van der Waals surface area contributed by atoms with Crippen molar-refractivity contribution < 1.29 is 0 Å². The van der Waals surface area contributed by atoms with E-state index in [4.69, 9.17) is 5.73 Å². The minimum Gasteiger partial charge on any atom is -0.325 e. The molecule has 0 aliphatic heterocycles. The monoisotopic (exact) mass is 241 g/mol. The van der Waals surface area contributed by atoms with Gasteiger partial charge in [-0.25, -0.2) is 0 Å². The molecule has 0 aliphatic carbocycles. The molecule has 0 amide bonds. The molecule has 1 heterocycles. The molecule has 0 radical (unpaired) electrons. The summed E-state index contributed by atoms with van der Waals surface area (Å²) in [5.41, 5.74) is 11.1. The van der Waals surface area contributed by atoms with Gasteiger partial charge in [0.1, 0.15) is 0 Å². The van der Waals surface area contributed by atoms with E-state index in [0.717, 1.165) is 17.0 Å². The fraction of sp³-hybridized carbons (Fsp3) is 0.333. The van der Waals surface area contributed by atoms with E-state index in [-0.39, 0.29) is 0 Å². The predicted molar refractivity (Wildman–Crippen MR) is 74.2 cm³/mol. The summed E-state index contributed by atoms with van der Waals surface area (Å²) in [6.07, 6.45) is 3.41. The van der Waals surface area contributed by atoms with Gasteiger partial charge in [-0.15, -0.1) is 0 Å². The number of nitrogens with zero attached hydrogens (tertiary/aromatic N) is 2. The largest absolute Gasteiger partial charge is 0.325 e. The zero-order chi connectivity index (χ0) is 13.1. The molecule has 18 heavy (non-hydrogen) atoms. The van der Waals surface area contributed by atoms with Crippen LogP contribution in [-0.4, -0.2) is 9.97 Å². The molecule has 0 saturated carbocycles. The molecule has 1 aromatic carbocycles. The predicted octanol–water partition coefficient (Wildman–Crippen LogP) is 3.03. The lowest BCUT2D eigenvalue weighted by molar-refractivity contribution is 0.865. The first-order valence-corrected chi connectivity index (χ1v) is 6.24. The molecule has 0 saturated heterocycles. The van der Waals surface area contributed by atoms with Crippen LogP contribution in [0.15, 0.2) is 30.6 Å². The molecule has 3 heteroatoms. The van der Waals surface area contributed by atoms with Crippen LogP contribution < -0.4 is 5.73 Å². The fourth-order valence-electron chi connectivity index (χ4n) is 2.00. The fourth-order valence-corrected chi connectivity index (χ4v) is 2.00. The number of hydrogen-bond donors (Lipinski definition) is 1. The van der Waals surface area contributed by atoms with Crippen molar-refractivity contribution in [1.29, 1.82) is 0 Å². The van der Waals surface area contributed by atoms with Gasteiger partial charge in [0.05, 0.1) is 11.4 Å². The molecule has 0 atom stereocenters. The molecule has 0 aliphatic rings. The highest BCUT2D eigenvalue weighted by Crippen LogP contribution is 2.27. The van der Waals surface area contributed by atoms with Gasteiger partial charge in [-0.05, 0) is 30.0 Å². The minimum atomic E-state index is 0.411. The lowest BCUT2D eigenvalue weighted by Gasteiger charge is -2.12. The topological polar surface area (TPSA) is 51.8 Å². The van der Waals surface area contributed by atoms with E-state index in [1.165, 1.54) is 11.1 Å². The quantitative estimate of drug-likeness (QED) is 0.898. The second-order valence-corrected chi connectivity index (χ2v) is 4.78. The summed E-state index contributed by atoms with van der Waals surface area (Å²) in [4.78, 5) is 8.74. The SMILES string of the molecule is Cc1ccc(C(C)C)cc1-c1nccnc1CN. The normalized spacial score (nSPS) is 10.9. The van der Waals surface area contributed by atoms with Crippen molar-refractivity contribution in [1.82, 2.24) is 9.97 Å². The minimum absolute atomic E-state index is 0.411. The highest BCUT2D eigenvalue weighted by Gasteiger charge is 2.11. The van der Waals surface area contributed by atoms with Gasteiger partial charge in [-0.3, -0.25) is 9.97 Å². The van der Waals surface area contributed by atoms with Crippen LogP contribution in [0.4, 0.5) is 0 Å². The zero-order valence-corrected chi connectivity index (χ0v) is 11.1. The van der Waals surface area contributed by atoms with Crippen molar-refractivity contribution in [3.05, 3.63) is 47.4 Å². The van der Waals surface area contributed by atoms with Crippen LogP contribution in [0.1, 0.15) is 36.6 Å². The summed E-state index contributed by atoms with van der Waals surface area (Å²) in [7, 11) is 0. The van der Waals surface area contributed by atoms with Crippen molar-refractivity contribution in [2.45, 2.75) is 33.2 Å². The number of hydrogen-bond acceptors (Lipinski definition) is 3. The molecule has 0 fully saturated rings. The third-order valence-corrected chi connectivity index (χ3v) is 3.15. The maximum absolute atomic E-state index is 5.73. The van der Waals surface area contributed by atoms with Crippen LogP contribution in [-0.2, 0) is 6.54 Å². The number of nitrogens with two attached hydrogens (primary N) is 1. The number of benzene rings is 1. The van der Waals surface area contributed by atoms with Crippen LogP contribution in [0.2, 0.25) is 0 Å². The summed E-state index contributed by atoms with van der Waals surface area (Å²) in [6.45, 7) is 6.88. The third kappa shape index (κ3) is 2.41. The second kappa shape index (κ2) is 5.27. The Morgan fingerprint density at radius 2 is 1.89 bits per heavy atom. The van der Waals surface area contributed by atoms with Crippen LogP contribution in [0, 0.1) is 6.92 Å². The first kappa shape index (κ1) is 12.7. The zero-order valence-electron chi connectivity index (χ0n) is 11.1. The van der Waals surface area contributed by atoms with Crippen molar-refractivity contribution >= 4 is 0 Å². The number of rotatable bonds is 3. The van der Waals surface area contributed by atoms with Crippen molar-refractivity contribution in [2.24, 2.45) is 5.73 Å². The van der Waals surface area contributed by atoms with Crippen LogP contribution >= 0.6 is 0 Å². The second-order valence-electron chi connectivity index (χ2n) is 4.78. The Morgan fingerprint density at radius 3 is 2.56 bits per heavy atom. The number of aromatic nitrogens is 2. The van der Waals surface area contributed by atoms with Crippen molar-refractivity contribution in [3.8, 4) is 11.3 Å². The summed E-state index contributed by atoms with van der Waals surface area (Å²) in [5, 5.41) is 0.